The van der Waals surface area contributed by atoms with Crippen LogP contribution in [0.3, 0.4) is 0 Å². The third-order valence-electron chi connectivity index (χ3n) is 6.49. The zero-order chi connectivity index (χ0) is 20.4. The van der Waals surface area contributed by atoms with Gasteiger partial charge in [-0.15, -0.1) is 0 Å². The lowest BCUT2D eigenvalue weighted by atomic mass is 9.96. The average Bonchev–Trinajstić information content (AvgIpc) is 3.18. The number of hydrogen-bond donors (Lipinski definition) is 1. The van der Waals surface area contributed by atoms with Crippen LogP contribution in [0.15, 0.2) is 30.4 Å². The third kappa shape index (κ3) is 4.69. The molecule has 2 atom stereocenters. The number of hydrogen-bond acceptors (Lipinski definition) is 3. The molecule has 5 nitrogen and oxygen atoms in total. The summed E-state index contributed by atoms with van der Waals surface area (Å²) >= 11 is 0. The summed E-state index contributed by atoms with van der Waals surface area (Å²) in [5.74, 6) is 0.114. The number of nitrogens with zero attached hydrogens (tertiary/aromatic N) is 2. The van der Waals surface area contributed by atoms with Gasteiger partial charge in [-0.2, -0.15) is 0 Å². The summed E-state index contributed by atoms with van der Waals surface area (Å²) in [4.78, 5) is 29.7. The van der Waals surface area contributed by atoms with Crippen molar-refractivity contribution < 1.29 is 14.0 Å². The van der Waals surface area contributed by atoms with Crippen molar-refractivity contribution in [3.8, 4) is 0 Å². The van der Waals surface area contributed by atoms with Crippen molar-refractivity contribution in [2.24, 2.45) is 11.8 Å². The van der Waals surface area contributed by atoms with Crippen LogP contribution in [-0.4, -0.2) is 54.3 Å². The van der Waals surface area contributed by atoms with Crippen LogP contribution in [0, 0.1) is 17.7 Å². The van der Waals surface area contributed by atoms with E-state index in [4.69, 9.17) is 0 Å². The van der Waals surface area contributed by atoms with Crippen LogP contribution in [0.25, 0.3) is 0 Å². The molecule has 29 heavy (non-hydrogen) atoms. The standard InChI is InChI=1S/C23H30FN3O2/c1-26-13-19(7-9-21(15-26)25-22(28)16-4-2-3-5-16)23(29)27-11-10-17-12-20(24)8-6-18(17)14-27/h2-3,6,8,12,16,19,21H,4-5,7,9-11,13-15H2,1H3,(H,25,28)/t19-,21+/m1/s1. The Hall–Kier alpha value is -2.21. The number of carbonyl (C=O) groups excluding carboxylic acids is 2. The zero-order valence-corrected chi connectivity index (χ0v) is 17.1. The average molecular weight is 400 g/mol. The van der Waals surface area contributed by atoms with E-state index in [0.29, 0.717) is 26.1 Å². The fraction of sp³-hybridized carbons (Fsp3) is 0.565. The Labute approximate surface area is 171 Å². The Balaban J connectivity index is 1.35. The van der Waals surface area contributed by atoms with Gasteiger partial charge in [-0.1, -0.05) is 18.2 Å². The Bertz CT molecular complexity index is 801. The molecule has 4 rings (SSSR count). The molecule has 0 spiro atoms. The number of amides is 2. The number of fused-ring (bicyclic) bond motifs is 1. The van der Waals surface area contributed by atoms with Gasteiger partial charge in [0, 0.05) is 38.1 Å². The van der Waals surface area contributed by atoms with E-state index in [1.54, 1.807) is 12.1 Å². The number of allylic oxidation sites excluding steroid dienone is 2. The first-order valence-electron chi connectivity index (χ1n) is 10.7. The molecule has 0 aromatic heterocycles. The van der Waals surface area contributed by atoms with Gasteiger partial charge in [0.05, 0.1) is 5.92 Å². The number of carbonyl (C=O) groups is 2. The molecule has 1 aliphatic carbocycles. The van der Waals surface area contributed by atoms with Gasteiger partial charge in [0.15, 0.2) is 0 Å². The van der Waals surface area contributed by atoms with E-state index in [1.807, 2.05) is 11.9 Å². The smallest absolute Gasteiger partial charge is 0.227 e. The fourth-order valence-electron chi connectivity index (χ4n) is 4.85. The van der Waals surface area contributed by atoms with Gasteiger partial charge >= 0.3 is 0 Å². The van der Waals surface area contributed by atoms with E-state index in [9.17, 15) is 14.0 Å². The minimum Gasteiger partial charge on any atom is -0.352 e. The van der Waals surface area contributed by atoms with E-state index in [-0.39, 0.29) is 35.5 Å². The van der Waals surface area contributed by atoms with Crippen molar-refractivity contribution in [1.82, 2.24) is 15.1 Å². The molecule has 6 heteroatoms. The molecule has 2 amide bonds. The Kier molecular flexibility index (Phi) is 5.99. The van der Waals surface area contributed by atoms with Gasteiger partial charge in [0.25, 0.3) is 0 Å². The summed E-state index contributed by atoms with van der Waals surface area (Å²) in [5.41, 5.74) is 2.06. The van der Waals surface area contributed by atoms with Gasteiger partial charge in [0.1, 0.15) is 5.82 Å². The summed E-state index contributed by atoms with van der Waals surface area (Å²) in [6, 6.07) is 4.95. The second kappa shape index (κ2) is 8.66. The molecule has 156 valence electrons. The Morgan fingerprint density at radius 3 is 2.66 bits per heavy atom. The summed E-state index contributed by atoms with van der Waals surface area (Å²) in [6.07, 6.45) is 8.11. The molecule has 0 saturated carbocycles. The maximum atomic E-state index is 13.4. The van der Waals surface area contributed by atoms with Crippen LogP contribution in [0.1, 0.15) is 36.8 Å². The quantitative estimate of drug-likeness (QED) is 0.795. The molecular weight excluding hydrogens is 369 g/mol. The van der Waals surface area contributed by atoms with E-state index >= 15 is 0 Å². The second-order valence-electron chi connectivity index (χ2n) is 8.76. The lowest BCUT2D eigenvalue weighted by Crippen LogP contribution is -2.44. The first kappa shape index (κ1) is 20.1. The summed E-state index contributed by atoms with van der Waals surface area (Å²) in [5, 5.41) is 3.21. The fourth-order valence-corrected chi connectivity index (χ4v) is 4.85. The highest BCUT2D eigenvalue weighted by molar-refractivity contribution is 5.80. The predicted molar refractivity (Wildman–Crippen MR) is 110 cm³/mol. The van der Waals surface area contributed by atoms with Crippen molar-refractivity contribution in [2.45, 2.75) is 44.7 Å². The van der Waals surface area contributed by atoms with Crippen LogP contribution in [-0.2, 0) is 22.6 Å². The molecule has 1 aromatic carbocycles. The van der Waals surface area contributed by atoms with Gasteiger partial charge in [-0.25, -0.2) is 4.39 Å². The maximum Gasteiger partial charge on any atom is 0.227 e. The first-order chi connectivity index (χ1) is 14.0. The normalized spacial score (nSPS) is 25.5. The largest absolute Gasteiger partial charge is 0.352 e. The van der Waals surface area contributed by atoms with Crippen LogP contribution >= 0.6 is 0 Å². The van der Waals surface area contributed by atoms with Gasteiger partial charge in [0.2, 0.25) is 11.8 Å². The number of benzene rings is 1. The van der Waals surface area contributed by atoms with E-state index in [1.165, 1.54) is 6.07 Å². The van der Waals surface area contributed by atoms with E-state index < -0.39 is 0 Å². The van der Waals surface area contributed by atoms with Crippen molar-refractivity contribution in [1.29, 1.82) is 0 Å². The number of rotatable bonds is 3. The molecule has 1 saturated heterocycles. The van der Waals surface area contributed by atoms with Crippen LogP contribution < -0.4 is 5.32 Å². The van der Waals surface area contributed by atoms with Crippen LogP contribution in [0.5, 0.6) is 0 Å². The number of likely N-dealkylation sites (N-methyl/N-ethyl adjacent to an activating group) is 1. The minimum absolute atomic E-state index is 0.0583. The molecule has 1 fully saturated rings. The molecule has 2 heterocycles. The highest BCUT2D eigenvalue weighted by atomic mass is 19.1. The third-order valence-corrected chi connectivity index (χ3v) is 6.49. The van der Waals surface area contributed by atoms with E-state index in [0.717, 1.165) is 43.4 Å². The molecule has 0 radical (unpaired) electrons. The minimum atomic E-state index is -0.213. The Morgan fingerprint density at radius 1 is 1.07 bits per heavy atom. The molecule has 2 aliphatic heterocycles. The topological polar surface area (TPSA) is 52.7 Å². The SMILES string of the molecule is CN1C[C@@H](NC(=O)C2CC=CC2)CC[C@@H](C(=O)N2CCc3cc(F)ccc3C2)C1. The lowest BCUT2D eigenvalue weighted by Gasteiger charge is -2.32. The van der Waals surface area contributed by atoms with Gasteiger partial charge in [-0.05, 0) is 62.4 Å². The number of halogens is 1. The van der Waals surface area contributed by atoms with E-state index in [2.05, 4.69) is 22.4 Å². The second-order valence-corrected chi connectivity index (χ2v) is 8.76. The van der Waals surface area contributed by atoms with Crippen LogP contribution in [0.4, 0.5) is 4.39 Å². The summed E-state index contributed by atoms with van der Waals surface area (Å²) in [7, 11) is 2.02. The molecule has 0 unspecified atom stereocenters. The molecule has 3 aliphatic rings. The van der Waals surface area contributed by atoms with Crippen molar-refractivity contribution in [3.63, 3.8) is 0 Å². The zero-order valence-electron chi connectivity index (χ0n) is 17.1. The summed E-state index contributed by atoms with van der Waals surface area (Å²) in [6.45, 7) is 2.69. The first-order valence-corrected chi connectivity index (χ1v) is 10.7. The Morgan fingerprint density at radius 2 is 1.86 bits per heavy atom. The number of likely N-dealkylation sites (tertiary alicyclic amines) is 1. The monoisotopic (exact) mass is 399 g/mol. The van der Waals surface area contributed by atoms with Crippen molar-refractivity contribution in [2.75, 3.05) is 26.7 Å². The molecule has 1 aromatic rings. The highest BCUT2D eigenvalue weighted by Crippen LogP contribution is 2.25. The predicted octanol–water partition coefficient (Wildman–Crippen LogP) is 2.50. The summed E-state index contributed by atoms with van der Waals surface area (Å²) < 4.78 is 13.4. The van der Waals surface area contributed by atoms with Gasteiger partial charge < -0.3 is 15.1 Å². The molecule has 0 bridgehead atoms. The van der Waals surface area contributed by atoms with Crippen molar-refractivity contribution >= 4 is 11.8 Å². The highest BCUT2D eigenvalue weighted by Gasteiger charge is 2.32. The lowest BCUT2D eigenvalue weighted by molar-refractivity contribution is -0.137. The van der Waals surface area contributed by atoms with Crippen LogP contribution in [0.2, 0.25) is 0 Å². The van der Waals surface area contributed by atoms with Gasteiger partial charge in [-0.3, -0.25) is 9.59 Å². The molecule has 1 N–H and O–H groups in total. The maximum absolute atomic E-state index is 13.4. The molecular formula is C23H30FN3O2. The van der Waals surface area contributed by atoms with Crippen molar-refractivity contribution in [3.05, 3.63) is 47.3 Å². The number of nitrogens with one attached hydrogen (secondary N) is 1.